The Balaban J connectivity index is 1.43. The quantitative estimate of drug-likeness (QED) is 0.514. The van der Waals surface area contributed by atoms with Crippen LogP contribution in [-0.4, -0.2) is 55.6 Å². The number of fused-ring (bicyclic) bond motifs is 1. The number of hydrogen-bond acceptors (Lipinski definition) is 6. The van der Waals surface area contributed by atoms with Crippen molar-refractivity contribution in [2.45, 2.75) is 51.6 Å². The van der Waals surface area contributed by atoms with E-state index >= 15 is 0 Å². The van der Waals surface area contributed by atoms with Gasteiger partial charge in [0.15, 0.2) is 17.3 Å². The summed E-state index contributed by atoms with van der Waals surface area (Å²) in [6.45, 7) is 6.18. The smallest absolute Gasteiger partial charge is 0.253 e. The van der Waals surface area contributed by atoms with Crippen molar-refractivity contribution in [3.8, 4) is 23.0 Å². The zero-order chi connectivity index (χ0) is 24.1. The monoisotopic (exact) mass is 467 g/mol. The Morgan fingerprint density at radius 2 is 1.85 bits per heavy atom. The number of hydrogen-bond donors (Lipinski definition) is 0. The van der Waals surface area contributed by atoms with Crippen LogP contribution >= 0.6 is 0 Å². The van der Waals surface area contributed by atoms with Crippen LogP contribution in [0.5, 0.6) is 23.0 Å². The van der Waals surface area contributed by atoms with E-state index in [0.717, 1.165) is 12.8 Å². The highest BCUT2D eigenvalue weighted by Crippen LogP contribution is 2.41. The third-order valence-electron chi connectivity index (χ3n) is 6.50. The maximum atomic E-state index is 13.2. The first-order chi connectivity index (χ1) is 16.5. The molecule has 2 aromatic rings. The molecule has 0 atom stereocenters. The Hall–Kier alpha value is -3.22. The Morgan fingerprint density at radius 3 is 2.56 bits per heavy atom. The molecule has 0 aliphatic carbocycles. The van der Waals surface area contributed by atoms with Crippen LogP contribution < -0.4 is 18.9 Å². The van der Waals surface area contributed by atoms with Crippen molar-refractivity contribution in [3.63, 3.8) is 0 Å². The molecule has 0 saturated carbocycles. The zero-order valence-corrected chi connectivity index (χ0v) is 20.2. The number of amides is 1. The number of nitrogens with zero attached hydrogens (tertiary/aromatic N) is 1. The van der Waals surface area contributed by atoms with Crippen LogP contribution in [0, 0.1) is 0 Å². The minimum Gasteiger partial charge on any atom is -0.497 e. The SMILES string of the molecule is CCCCOc1ccc(C(=O)N2CCC3(CC2)CC(=O)c2cc(OC)ccc2O3)cc1OCC. The van der Waals surface area contributed by atoms with Gasteiger partial charge in [0.1, 0.15) is 17.1 Å². The van der Waals surface area contributed by atoms with Gasteiger partial charge in [0, 0.05) is 31.5 Å². The standard InChI is InChI=1S/C27H33NO6/c1-4-6-15-33-24-9-7-19(16-25(24)32-5-2)26(30)28-13-11-27(12-14-28)18-22(29)21-17-20(31-3)8-10-23(21)34-27/h7-10,16-17H,4-6,11-15,18H2,1-3H3. The summed E-state index contributed by atoms with van der Waals surface area (Å²) in [6, 6.07) is 10.7. The number of benzene rings is 2. The number of piperidine rings is 1. The van der Waals surface area contributed by atoms with Crippen molar-refractivity contribution < 1.29 is 28.5 Å². The van der Waals surface area contributed by atoms with E-state index in [0.29, 0.717) is 79.7 Å². The lowest BCUT2D eigenvalue weighted by atomic mass is 9.82. The van der Waals surface area contributed by atoms with E-state index in [1.807, 2.05) is 17.9 Å². The van der Waals surface area contributed by atoms with E-state index in [-0.39, 0.29) is 11.7 Å². The lowest BCUT2D eigenvalue weighted by Gasteiger charge is -2.44. The van der Waals surface area contributed by atoms with Crippen molar-refractivity contribution in [2.24, 2.45) is 0 Å². The molecular formula is C27H33NO6. The van der Waals surface area contributed by atoms with Crippen molar-refractivity contribution in [1.29, 1.82) is 0 Å². The molecule has 1 spiro atoms. The molecule has 4 rings (SSSR count). The summed E-state index contributed by atoms with van der Waals surface area (Å²) >= 11 is 0. The van der Waals surface area contributed by atoms with E-state index in [1.54, 1.807) is 37.4 Å². The van der Waals surface area contributed by atoms with Crippen LogP contribution in [0.25, 0.3) is 0 Å². The maximum Gasteiger partial charge on any atom is 0.253 e. The second-order valence-electron chi connectivity index (χ2n) is 8.84. The van der Waals surface area contributed by atoms with Gasteiger partial charge in [-0.1, -0.05) is 13.3 Å². The van der Waals surface area contributed by atoms with E-state index < -0.39 is 5.60 Å². The van der Waals surface area contributed by atoms with Crippen molar-refractivity contribution in [2.75, 3.05) is 33.4 Å². The number of rotatable bonds is 8. The highest BCUT2D eigenvalue weighted by molar-refractivity contribution is 6.01. The minimum atomic E-state index is -0.567. The number of ether oxygens (including phenoxy) is 4. The summed E-state index contributed by atoms with van der Waals surface area (Å²) in [7, 11) is 1.58. The van der Waals surface area contributed by atoms with Gasteiger partial charge in [-0.05, 0) is 49.7 Å². The maximum absolute atomic E-state index is 13.2. The number of carbonyl (C=O) groups is 2. The molecule has 2 aromatic carbocycles. The van der Waals surface area contributed by atoms with Crippen LogP contribution in [0.2, 0.25) is 0 Å². The summed E-state index contributed by atoms with van der Waals surface area (Å²) < 4.78 is 23.1. The molecular weight excluding hydrogens is 434 g/mol. The molecule has 1 fully saturated rings. The molecule has 7 nitrogen and oxygen atoms in total. The lowest BCUT2D eigenvalue weighted by molar-refractivity contribution is -0.00578. The van der Waals surface area contributed by atoms with Crippen LogP contribution in [-0.2, 0) is 0 Å². The number of Topliss-reactive ketones (excluding diaryl/α,β-unsaturated/α-hetero) is 1. The fourth-order valence-corrected chi connectivity index (χ4v) is 4.53. The predicted octanol–water partition coefficient (Wildman–Crippen LogP) is 4.91. The number of methoxy groups -OCH3 is 1. The Morgan fingerprint density at radius 1 is 1.06 bits per heavy atom. The fraction of sp³-hybridized carbons (Fsp3) is 0.481. The number of ketones is 1. The number of carbonyl (C=O) groups excluding carboxylic acids is 2. The molecule has 0 unspecified atom stereocenters. The van der Waals surface area contributed by atoms with Gasteiger partial charge in [-0.15, -0.1) is 0 Å². The van der Waals surface area contributed by atoms with Gasteiger partial charge in [-0.2, -0.15) is 0 Å². The van der Waals surface area contributed by atoms with Gasteiger partial charge in [-0.3, -0.25) is 9.59 Å². The third-order valence-corrected chi connectivity index (χ3v) is 6.50. The molecule has 1 saturated heterocycles. The summed E-state index contributed by atoms with van der Waals surface area (Å²) in [5.41, 5.74) is 0.566. The Kier molecular flexibility index (Phi) is 7.29. The first-order valence-electron chi connectivity index (χ1n) is 12.1. The summed E-state index contributed by atoms with van der Waals surface area (Å²) in [4.78, 5) is 27.9. The van der Waals surface area contributed by atoms with Crippen molar-refractivity contribution >= 4 is 11.7 Å². The molecule has 2 aliphatic rings. The highest BCUT2D eigenvalue weighted by Gasteiger charge is 2.44. The van der Waals surface area contributed by atoms with Gasteiger partial charge < -0.3 is 23.8 Å². The third kappa shape index (κ3) is 4.98. The molecule has 0 radical (unpaired) electrons. The summed E-state index contributed by atoms with van der Waals surface area (Å²) in [5.74, 6) is 2.49. The topological polar surface area (TPSA) is 74.3 Å². The molecule has 0 bridgehead atoms. The van der Waals surface area contributed by atoms with Gasteiger partial charge in [0.05, 0.1) is 32.3 Å². The van der Waals surface area contributed by atoms with E-state index in [9.17, 15) is 9.59 Å². The summed E-state index contributed by atoms with van der Waals surface area (Å²) in [5, 5.41) is 0. The van der Waals surface area contributed by atoms with Crippen LogP contribution in [0.1, 0.15) is 66.7 Å². The zero-order valence-electron chi connectivity index (χ0n) is 20.2. The van der Waals surface area contributed by atoms with Crippen molar-refractivity contribution in [1.82, 2.24) is 4.90 Å². The number of likely N-dealkylation sites (tertiary alicyclic amines) is 1. The average Bonchev–Trinajstić information content (AvgIpc) is 2.85. The molecule has 7 heteroatoms. The van der Waals surface area contributed by atoms with Crippen LogP contribution in [0.3, 0.4) is 0 Å². The second kappa shape index (κ2) is 10.4. The van der Waals surface area contributed by atoms with Crippen LogP contribution in [0.4, 0.5) is 0 Å². The van der Waals surface area contributed by atoms with Gasteiger partial charge in [0.25, 0.3) is 5.91 Å². The largest absolute Gasteiger partial charge is 0.497 e. The predicted molar refractivity (Wildman–Crippen MR) is 128 cm³/mol. The summed E-state index contributed by atoms with van der Waals surface area (Å²) in [6.07, 6.45) is 3.53. The van der Waals surface area contributed by atoms with Gasteiger partial charge in [-0.25, -0.2) is 0 Å². The average molecular weight is 468 g/mol. The van der Waals surface area contributed by atoms with E-state index in [4.69, 9.17) is 18.9 Å². The molecule has 2 aliphatic heterocycles. The minimum absolute atomic E-state index is 0.0526. The van der Waals surface area contributed by atoms with E-state index in [2.05, 4.69) is 6.92 Å². The molecule has 2 heterocycles. The molecule has 34 heavy (non-hydrogen) atoms. The molecule has 182 valence electrons. The molecule has 1 amide bonds. The molecule has 0 N–H and O–H groups in total. The van der Waals surface area contributed by atoms with Crippen molar-refractivity contribution in [3.05, 3.63) is 47.5 Å². The normalized spacial score (nSPS) is 16.6. The fourth-order valence-electron chi connectivity index (χ4n) is 4.53. The van der Waals surface area contributed by atoms with E-state index in [1.165, 1.54) is 0 Å². The second-order valence-corrected chi connectivity index (χ2v) is 8.84. The molecule has 0 aromatic heterocycles. The number of unbranched alkanes of at least 4 members (excludes halogenated alkanes) is 1. The highest BCUT2D eigenvalue weighted by atomic mass is 16.5. The first kappa shape index (κ1) is 23.9. The van der Waals surface area contributed by atoms with Gasteiger partial charge in [0.2, 0.25) is 0 Å². The van der Waals surface area contributed by atoms with Crippen LogP contribution in [0.15, 0.2) is 36.4 Å². The lowest BCUT2D eigenvalue weighted by Crippen LogP contribution is -2.52. The first-order valence-corrected chi connectivity index (χ1v) is 12.1. The Bertz CT molecular complexity index is 1040. The Labute approximate surface area is 200 Å². The van der Waals surface area contributed by atoms with Gasteiger partial charge >= 0.3 is 0 Å².